The number of nitrogens with one attached hydrogen (secondary N) is 1. The van der Waals surface area contributed by atoms with Crippen LogP contribution in [0.1, 0.15) is 41.3 Å². The number of carbonyl (C=O) groups is 1. The number of halogens is 1. The maximum Gasteiger partial charge on any atom is 0.282 e. The molecule has 1 fully saturated rings. The molecule has 0 unspecified atom stereocenters. The summed E-state index contributed by atoms with van der Waals surface area (Å²) >= 11 is 0. The molecule has 0 spiro atoms. The predicted molar refractivity (Wildman–Crippen MR) is 121 cm³/mol. The SMILES string of the molecule is C/C(=N/S(=O)(=O)c1ccc(NC(=O)c2c(C)cccc2F)c(C)c1)C1CCN(C)CC1. The number of benzene rings is 2. The van der Waals surface area contributed by atoms with Gasteiger partial charge < -0.3 is 10.2 Å². The highest BCUT2D eigenvalue weighted by molar-refractivity contribution is 7.90. The molecule has 1 heterocycles. The van der Waals surface area contributed by atoms with E-state index in [0.29, 0.717) is 22.5 Å². The lowest BCUT2D eigenvalue weighted by Gasteiger charge is -2.28. The van der Waals surface area contributed by atoms with Crippen molar-refractivity contribution in [2.45, 2.75) is 38.5 Å². The Morgan fingerprint density at radius 2 is 1.81 bits per heavy atom. The third-order valence-electron chi connectivity index (χ3n) is 5.77. The summed E-state index contributed by atoms with van der Waals surface area (Å²) in [5, 5.41) is 2.67. The van der Waals surface area contributed by atoms with Crippen molar-refractivity contribution in [3.63, 3.8) is 0 Å². The second-order valence-electron chi connectivity index (χ2n) is 8.15. The van der Waals surface area contributed by atoms with E-state index in [1.807, 2.05) is 0 Å². The Morgan fingerprint density at radius 1 is 1.13 bits per heavy atom. The van der Waals surface area contributed by atoms with Crippen molar-refractivity contribution >= 4 is 27.3 Å². The molecule has 1 N–H and O–H groups in total. The molecule has 0 bridgehead atoms. The van der Waals surface area contributed by atoms with E-state index in [4.69, 9.17) is 0 Å². The van der Waals surface area contributed by atoms with Crippen molar-refractivity contribution in [2.75, 3.05) is 25.5 Å². The number of hydrogen-bond donors (Lipinski definition) is 1. The Labute approximate surface area is 183 Å². The molecule has 0 atom stereocenters. The molecule has 2 aromatic carbocycles. The molecule has 0 radical (unpaired) electrons. The Morgan fingerprint density at radius 3 is 2.42 bits per heavy atom. The normalized spacial score (nSPS) is 16.4. The molecule has 1 aliphatic rings. The largest absolute Gasteiger partial charge is 0.322 e. The molecular formula is C23H28FN3O3S. The summed E-state index contributed by atoms with van der Waals surface area (Å²) in [7, 11) is -1.80. The summed E-state index contributed by atoms with van der Waals surface area (Å²) in [6.45, 7) is 6.96. The topological polar surface area (TPSA) is 78.8 Å². The molecule has 1 saturated heterocycles. The number of carbonyl (C=O) groups excluding carboxylic acids is 1. The Bertz CT molecular complexity index is 1100. The van der Waals surface area contributed by atoms with E-state index in [1.54, 1.807) is 32.9 Å². The van der Waals surface area contributed by atoms with Crippen LogP contribution in [0.4, 0.5) is 10.1 Å². The van der Waals surface area contributed by atoms with Crippen LogP contribution in [0.25, 0.3) is 0 Å². The van der Waals surface area contributed by atoms with E-state index in [-0.39, 0.29) is 16.4 Å². The third-order valence-corrected chi connectivity index (χ3v) is 7.14. The van der Waals surface area contributed by atoms with Crippen LogP contribution < -0.4 is 5.32 Å². The van der Waals surface area contributed by atoms with Gasteiger partial charge in [-0.25, -0.2) is 4.39 Å². The van der Waals surface area contributed by atoms with Crippen LogP contribution in [0.15, 0.2) is 45.7 Å². The smallest absolute Gasteiger partial charge is 0.282 e. The van der Waals surface area contributed by atoms with Crippen molar-refractivity contribution in [3.8, 4) is 0 Å². The molecule has 8 heteroatoms. The molecule has 31 heavy (non-hydrogen) atoms. The lowest BCUT2D eigenvalue weighted by molar-refractivity contribution is 0.102. The fraction of sp³-hybridized carbons (Fsp3) is 0.391. The average Bonchev–Trinajstić information content (AvgIpc) is 2.69. The summed E-state index contributed by atoms with van der Waals surface area (Å²) in [5.41, 5.74) is 2.08. The molecule has 2 aromatic rings. The van der Waals surface area contributed by atoms with Crippen LogP contribution in [0, 0.1) is 25.6 Å². The summed E-state index contributed by atoms with van der Waals surface area (Å²) < 4.78 is 43.7. The van der Waals surface area contributed by atoms with Crippen molar-refractivity contribution in [1.82, 2.24) is 4.90 Å². The van der Waals surface area contributed by atoms with Crippen LogP contribution in [-0.2, 0) is 10.0 Å². The van der Waals surface area contributed by atoms with Crippen molar-refractivity contribution in [2.24, 2.45) is 10.3 Å². The lowest BCUT2D eigenvalue weighted by Crippen LogP contribution is -2.33. The minimum absolute atomic E-state index is 0.0306. The molecular weight excluding hydrogens is 417 g/mol. The highest BCUT2D eigenvalue weighted by Gasteiger charge is 2.22. The predicted octanol–water partition coefficient (Wildman–Crippen LogP) is 4.19. The highest BCUT2D eigenvalue weighted by atomic mass is 32.2. The molecule has 0 aromatic heterocycles. The van der Waals surface area contributed by atoms with E-state index in [2.05, 4.69) is 21.7 Å². The first-order valence-corrected chi connectivity index (χ1v) is 11.7. The second kappa shape index (κ2) is 9.28. The van der Waals surface area contributed by atoms with Crippen LogP contribution in [0.3, 0.4) is 0 Å². The number of aryl methyl sites for hydroxylation is 2. The van der Waals surface area contributed by atoms with Gasteiger partial charge >= 0.3 is 0 Å². The standard InChI is InChI=1S/C23H28FN3O3S/c1-15-6-5-7-20(24)22(15)23(28)25-21-9-8-19(14-16(21)2)31(29,30)26-17(3)18-10-12-27(4)13-11-18/h5-9,14,18H,10-13H2,1-4H3,(H,25,28)/b26-17-. The van der Waals surface area contributed by atoms with Gasteiger partial charge in [0.05, 0.1) is 10.5 Å². The zero-order chi connectivity index (χ0) is 22.8. The molecule has 1 aliphatic heterocycles. The number of rotatable bonds is 5. The minimum Gasteiger partial charge on any atom is -0.322 e. The van der Waals surface area contributed by atoms with E-state index in [9.17, 15) is 17.6 Å². The quantitative estimate of drug-likeness (QED) is 0.700. The van der Waals surface area contributed by atoms with Crippen LogP contribution in [0.2, 0.25) is 0 Å². The van der Waals surface area contributed by atoms with Gasteiger partial charge in [0.25, 0.3) is 15.9 Å². The number of hydrogen-bond acceptors (Lipinski definition) is 4. The molecule has 1 amide bonds. The Hall–Kier alpha value is -2.58. The zero-order valence-corrected chi connectivity index (χ0v) is 19.1. The highest BCUT2D eigenvalue weighted by Crippen LogP contribution is 2.25. The van der Waals surface area contributed by atoms with Gasteiger partial charge in [-0.1, -0.05) is 12.1 Å². The first-order valence-electron chi connectivity index (χ1n) is 10.3. The Balaban J connectivity index is 1.79. The van der Waals surface area contributed by atoms with Gasteiger partial charge in [-0.05, 0) is 89.1 Å². The summed E-state index contributed by atoms with van der Waals surface area (Å²) in [5.74, 6) is -1.02. The fourth-order valence-corrected chi connectivity index (χ4v) is 4.98. The zero-order valence-electron chi connectivity index (χ0n) is 18.3. The summed E-state index contributed by atoms with van der Waals surface area (Å²) in [6.07, 6.45) is 1.78. The summed E-state index contributed by atoms with van der Waals surface area (Å²) in [6, 6.07) is 8.83. The number of likely N-dealkylation sites (tertiary alicyclic amines) is 1. The number of sulfonamides is 1. The molecule has 166 valence electrons. The monoisotopic (exact) mass is 445 g/mol. The fourth-order valence-electron chi connectivity index (χ4n) is 3.78. The van der Waals surface area contributed by atoms with Gasteiger partial charge in [0.2, 0.25) is 0 Å². The maximum absolute atomic E-state index is 14.1. The van der Waals surface area contributed by atoms with E-state index in [1.165, 1.54) is 24.3 Å². The van der Waals surface area contributed by atoms with Crippen LogP contribution >= 0.6 is 0 Å². The number of piperidine rings is 1. The van der Waals surface area contributed by atoms with Gasteiger partial charge in [-0.2, -0.15) is 12.8 Å². The van der Waals surface area contributed by atoms with Crippen LogP contribution in [-0.4, -0.2) is 45.1 Å². The third kappa shape index (κ3) is 5.37. The first kappa shape index (κ1) is 23.1. The summed E-state index contributed by atoms with van der Waals surface area (Å²) in [4.78, 5) is 14.8. The lowest BCUT2D eigenvalue weighted by atomic mass is 9.93. The molecule has 0 saturated carbocycles. The minimum atomic E-state index is -3.85. The first-order chi connectivity index (χ1) is 14.6. The van der Waals surface area contributed by atoms with Gasteiger partial charge in [-0.3, -0.25) is 4.79 Å². The van der Waals surface area contributed by atoms with E-state index < -0.39 is 21.7 Å². The number of anilines is 1. The average molecular weight is 446 g/mol. The van der Waals surface area contributed by atoms with Gasteiger partial charge in [-0.15, -0.1) is 0 Å². The Kier molecular flexibility index (Phi) is 6.91. The van der Waals surface area contributed by atoms with Crippen LogP contribution in [0.5, 0.6) is 0 Å². The van der Waals surface area contributed by atoms with Gasteiger partial charge in [0.1, 0.15) is 5.82 Å². The van der Waals surface area contributed by atoms with Crippen molar-refractivity contribution in [1.29, 1.82) is 0 Å². The van der Waals surface area contributed by atoms with Crippen molar-refractivity contribution in [3.05, 3.63) is 58.9 Å². The van der Waals surface area contributed by atoms with E-state index >= 15 is 0 Å². The van der Waals surface area contributed by atoms with Gasteiger partial charge in [0, 0.05) is 17.3 Å². The molecule has 3 rings (SSSR count). The molecule has 0 aliphatic carbocycles. The van der Waals surface area contributed by atoms with E-state index in [0.717, 1.165) is 25.9 Å². The number of amides is 1. The van der Waals surface area contributed by atoms with Gasteiger partial charge in [0.15, 0.2) is 0 Å². The number of nitrogens with zero attached hydrogens (tertiary/aromatic N) is 2. The second-order valence-corrected chi connectivity index (χ2v) is 9.75. The van der Waals surface area contributed by atoms with Crippen molar-refractivity contribution < 1.29 is 17.6 Å². The maximum atomic E-state index is 14.1. The molecule has 6 nitrogen and oxygen atoms in total.